The van der Waals surface area contributed by atoms with E-state index in [-0.39, 0.29) is 17.5 Å². The van der Waals surface area contributed by atoms with Crippen LogP contribution < -0.4 is 10.6 Å². The first-order valence-electron chi connectivity index (χ1n) is 6.81. The lowest BCUT2D eigenvalue weighted by molar-refractivity contribution is 0.215. The molecule has 1 atom stereocenters. The molecular formula is C14H32N2O. The van der Waals surface area contributed by atoms with Gasteiger partial charge in [0.1, 0.15) is 0 Å². The fraction of sp³-hybridized carbons (Fsp3) is 0.929. The highest BCUT2D eigenvalue weighted by Gasteiger charge is 2.24. The van der Waals surface area contributed by atoms with Crippen molar-refractivity contribution >= 4 is 6.03 Å². The predicted octanol–water partition coefficient (Wildman–Crippen LogP) is 3.79. The van der Waals surface area contributed by atoms with E-state index in [1.54, 1.807) is 0 Å². The average Bonchev–Trinajstić information content (AvgIpc) is 2.24. The van der Waals surface area contributed by atoms with Gasteiger partial charge in [-0.3, -0.25) is 0 Å². The largest absolute Gasteiger partial charge is 0.338 e. The number of amides is 2. The number of hydrogen-bond donors (Lipinski definition) is 2. The molecule has 0 saturated carbocycles. The number of carbonyl (C=O) groups is 1. The molecule has 17 heavy (non-hydrogen) atoms. The molecule has 0 rings (SSSR count). The first-order chi connectivity index (χ1) is 7.77. The fourth-order valence-electron chi connectivity index (χ4n) is 1.44. The van der Waals surface area contributed by atoms with Crippen molar-refractivity contribution in [2.45, 2.75) is 67.9 Å². The number of rotatable bonds is 4. The summed E-state index contributed by atoms with van der Waals surface area (Å²) in [4.78, 5) is 11.5. The number of hydrogen-bond acceptors (Lipinski definition) is 1. The van der Waals surface area contributed by atoms with Crippen molar-refractivity contribution in [2.24, 2.45) is 11.3 Å². The molecule has 0 aliphatic rings. The Morgan fingerprint density at radius 3 is 1.94 bits per heavy atom. The third-order valence-electron chi connectivity index (χ3n) is 2.43. The van der Waals surface area contributed by atoms with Gasteiger partial charge in [-0.1, -0.05) is 55.4 Å². The highest BCUT2D eigenvalue weighted by atomic mass is 16.2. The Hall–Kier alpha value is -0.730. The van der Waals surface area contributed by atoms with Gasteiger partial charge >= 0.3 is 6.03 Å². The van der Waals surface area contributed by atoms with Crippen molar-refractivity contribution in [1.29, 1.82) is 0 Å². The van der Waals surface area contributed by atoms with E-state index in [4.69, 9.17) is 0 Å². The van der Waals surface area contributed by atoms with Crippen LogP contribution in [0.5, 0.6) is 0 Å². The second-order valence-corrected chi connectivity index (χ2v) is 5.58. The van der Waals surface area contributed by atoms with Crippen molar-refractivity contribution in [2.75, 3.05) is 6.54 Å². The van der Waals surface area contributed by atoms with Gasteiger partial charge in [0.15, 0.2) is 0 Å². The second kappa shape index (κ2) is 9.32. The van der Waals surface area contributed by atoms with E-state index in [1.807, 2.05) is 13.8 Å². The average molecular weight is 244 g/mol. The topological polar surface area (TPSA) is 41.1 Å². The van der Waals surface area contributed by atoms with E-state index in [0.717, 1.165) is 13.0 Å². The van der Waals surface area contributed by atoms with Gasteiger partial charge in [-0.05, 0) is 17.8 Å². The fourth-order valence-corrected chi connectivity index (χ4v) is 1.44. The standard InChI is InChI=1S/C12H26N2O.C2H6/c1-7-10(12(4,5)6)14-11(15)13-8-9(2)3;1-2/h9-10H,7-8H2,1-6H3,(H2,13,14,15);1-2H3. The van der Waals surface area contributed by atoms with Crippen LogP contribution in [0.2, 0.25) is 0 Å². The van der Waals surface area contributed by atoms with Crippen LogP contribution in [-0.2, 0) is 0 Å². The number of nitrogens with one attached hydrogen (secondary N) is 2. The van der Waals surface area contributed by atoms with Gasteiger partial charge < -0.3 is 10.6 Å². The third kappa shape index (κ3) is 10.2. The Kier molecular flexibility index (Phi) is 10.2. The molecule has 0 bridgehead atoms. The first kappa shape index (κ1) is 18.6. The molecular weight excluding hydrogens is 212 g/mol. The van der Waals surface area contributed by atoms with E-state index in [9.17, 15) is 4.79 Å². The summed E-state index contributed by atoms with van der Waals surface area (Å²) >= 11 is 0. The van der Waals surface area contributed by atoms with E-state index in [2.05, 4.69) is 52.2 Å². The highest BCUT2D eigenvalue weighted by molar-refractivity contribution is 5.74. The van der Waals surface area contributed by atoms with Gasteiger partial charge in [0.05, 0.1) is 0 Å². The van der Waals surface area contributed by atoms with Gasteiger partial charge in [0.2, 0.25) is 0 Å². The van der Waals surface area contributed by atoms with E-state index < -0.39 is 0 Å². The molecule has 0 saturated heterocycles. The van der Waals surface area contributed by atoms with Crippen LogP contribution in [0, 0.1) is 11.3 Å². The van der Waals surface area contributed by atoms with Gasteiger partial charge in [-0.15, -0.1) is 0 Å². The SMILES string of the molecule is CC.CCC(NC(=O)NCC(C)C)C(C)(C)C. The lowest BCUT2D eigenvalue weighted by Crippen LogP contribution is -2.48. The molecule has 0 aromatic carbocycles. The van der Waals surface area contributed by atoms with Gasteiger partial charge in [-0.25, -0.2) is 4.79 Å². The first-order valence-corrected chi connectivity index (χ1v) is 6.81. The Labute approximate surface area is 108 Å². The Morgan fingerprint density at radius 1 is 1.18 bits per heavy atom. The minimum Gasteiger partial charge on any atom is -0.338 e. The summed E-state index contributed by atoms with van der Waals surface area (Å²) in [5.74, 6) is 0.491. The second-order valence-electron chi connectivity index (χ2n) is 5.58. The zero-order valence-electron chi connectivity index (χ0n) is 13.0. The van der Waals surface area contributed by atoms with Crippen LogP contribution in [0.3, 0.4) is 0 Å². The Balaban J connectivity index is 0. The van der Waals surface area contributed by atoms with Crippen LogP contribution in [0.15, 0.2) is 0 Å². The van der Waals surface area contributed by atoms with Crippen molar-refractivity contribution < 1.29 is 4.79 Å². The van der Waals surface area contributed by atoms with Crippen LogP contribution in [0.1, 0.15) is 61.8 Å². The zero-order chi connectivity index (χ0) is 14.1. The molecule has 0 aliphatic carbocycles. The Bertz CT molecular complexity index is 195. The van der Waals surface area contributed by atoms with Gasteiger partial charge in [0.25, 0.3) is 0 Å². The molecule has 0 aromatic heterocycles. The maximum absolute atomic E-state index is 11.5. The molecule has 0 radical (unpaired) electrons. The van der Waals surface area contributed by atoms with Crippen LogP contribution >= 0.6 is 0 Å². The summed E-state index contributed by atoms with van der Waals surface area (Å²) in [5.41, 5.74) is 0.115. The molecule has 2 N–H and O–H groups in total. The van der Waals surface area contributed by atoms with Crippen molar-refractivity contribution in [3.8, 4) is 0 Å². The molecule has 0 aromatic rings. The van der Waals surface area contributed by atoms with Crippen LogP contribution in [0.25, 0.3) is 0 Å². The lowest BCUT2D eigenvalue weighted by Gasteiger charge is -2.30. The van der Waals surface area contributed by atoms with E-state index in [1.165, 1.54) is 0 Å². The molecule has 0 fully saturated rings. The van der Waals surface area contributed by atoms with Crippen LogP contribution in [0.4, 0.5) is 4.79 Å². The van der Waals surface area contributed by atoms with Crippen LogP contribution in [-0.4, -0.2) is 18.6 Å². The van der Waals surface area contributed by atoms with E-state index >= 15 is 0 Å². The highest BCUT2D eigenvalue weighted by Crippen LogP contribution is 2.21. The predicted molar refractivity (Wildman–Crippen MR) is 76.3 cm³/mol. The summed E-state index contributed by atoms with van der Waals surface area (Å²) in [5, 5.41) is 5.88. The zero-order valence-corrected chi connectivity index (χ0v) is 13.0. The number of urea groups is 1. The van der Waals surface area contributed by atoms with E-state index in [0.29, 0.717) is 5.92 Å². The summed E-state index contributed by atoms with van der Waals surface area (Å²) in [6.45, 7) is 17.4. The molecule has 0 heterocycles. The van der Waals surface area contributed by atoms with Crippen molar-refractivity contribution in [1.82, 2.24) is 10.6 Å². The molecule has 0 spiro atoms. The molecule has 3 nitrogen and oxygen atoms in total. The third-order valence-corrected chi connectivity index (χ3v) is 2.43. The summed E-state index contributed by atoms with van der Waals surface area (Å²) in [7, 11) is 0. The van der Waals surface area contributed by atoms with Gasteiger partial charge in [-0.2, -0.15) is 0 Å². The minimum absolute atomic E-state index is 0.0505. The van der Waals surface area contributed by atoms with Crippen molar-refractivity contribution in [3.63, 3.8) is 0 Å². The number of carbonyl (C=O) groups excluding carboxylic acids is 1. The normalized spacial score (nSPS) is 12.5. The Morgan fingerprint density at radius 2 is 1.65 bits per heavy atom. The summed E-state index contributed by atoms with van der Waals surface area (Å²) in [6, 6.07) is 0.176. The smallest absolute Gasteiger partial charge is 0.315 e. The quantitative estimate of drug-likeness (QED) is 0.776. The summed E-state index contributed by atoms with van der Waals surface area (Å²) in [6.07, 6.45) is 0.957. The lowest BCUT2D eigenvalue weighted by atomic mass is 9.85. The molecule has 1 unspecified atom stereocenters. The van der Waals surface area contributed by atoms with Gasteiger partial charge in [0, 0.05) is 12.6 Å². The minimum atomic E-state index is -0.0505. The molecule has 104 valence electrons. The van der Waals surface area contributed by atoms with Crippen molar-refractivity contribution in [3.05, 3.63) is 0 Å². The summed E-state index contributed by atoms with van der Waals surface area (Å²) < 4.78 is 0. The monoisotopic (exact) mass is 244 g/mol. The maximum atomic E-state index is 11.5. The molecule has 0 aliphatic heterocycles. The molecule has 2 amide bonds. The maximum Gasteiger partial charge on any atom is 0.315 e. The molecule has 3 heteroatoms.